The zero-order valence-electron chi connectivity index (χ0n) is 10.7. The first-order valence-electron chi connectivity index (χ1n) is 6.36. The van der Waals surface area contributed by atoms with Crippen molar-refractivity contribution >= 4 is 16.5 Å². The third kappa shape index (κ3) is 3.65. The van der Waals surface area contributed by atoms with Crippen LogP contribution in [-0.2, 0) is 6.54 Å². The van der Waals surface area contributed by atoms with Gasteiger partial charge in [-0.25, -0.2) is 4.98 Å². The molecule has 1 aromatic heterocycles. The van der Waals surface area contributed by atoms with Gasteiger partial charge in [0.05, 0.1) is 18.9 Å². The van der Waals surface area contributed by atoms with E-state index in [4.69, 9.17) is 10.2 Å². The van der Waals surface area contributed by atoms with E-state index in [1.165, 1.54) is 12.8 Å². The number of aliphatic hydroxyl groups is 2. The minimum absolute atomic E-state index is 0.110. The van der Waals surface area contributed by atoms with E-state index < -0.39 is 0 Å². The molecule has 0 atom stereocenters. The van der Waals surface area contributed by atoms with E-state index in [1.807, 2.05) is 4.90 Å². The fraction of sp³-hybridized carbons (Fsp3) is 0.750. The van der Waals surface area contributed by atoms with Gasteiger partial charge in [0.1, 0.15) is 0 Å². The molecule has 1 aliphatic rings. The summed E-state index contributed by atoms with van der Waals surface area (Å²) in [7, 11) is 2.10. The van der Waals surface area contributed by atoms with Gasteiger partial charge in [-0.3, -0.25) is 4.90 Å². The van der Waals surface area contributed by atoms with Gasteiger partial charge in [0.25, 0.3) is 0 Å². The van der Waals surface area contributed by atoms with Crippen molar-refractivity contribution in [1.29, 1.82) is 0 Å². The van der Waals surface area contributed by atoms with Gasteiger partial charge >= 0.3 is 0 Å². The zero-order valence-corrected chi connectivity index (χ0v) is 11.6. The lowest BCUT2D eigenvalue weighted by Gasteiger charge is -2.18. The molecule has 0 aliphatic heterocycles. The molecule has 6 heteroatoms. The van der Waals surface area contributed by atoms with Crippen molar-refractivity contribution in [2.75, 3.05) is 38.3 Å². The first-order valence-corrected chi connectivity index (χ1v) is 7.24. The molecule has 1 aromatic rings. The normalized spacial score (nSPS) is 15.3. The van der Waals surface area contributed by atoms with Crippen LogP contribution in [0, 0.1) is 0 Å². The molecule has 102 valence electrons. The molecule has 0 radical (unpaired) electrons. The molecule has 2 N–H and O–H groups in total. The van der Waals surface area contributed by atoms with Gasteiger partial charge in [-0.1, -0.05) is 0 Å². The van der Waals surface area contributed by atoms with Crippen LogP contribution in [0.3, 0.4) is 0 Å². The Morgan fingerprint density at radius 2 is 2.00 bits per heavy atom. The topological polar surface area (TPSA) is 59.8 Å². The van der Waals surface area contributed by atoms with Crippen LogP contribution in [0.15, 0.2) is 5.38 Å². The molecule has 1 fully saturated rings. The summed E-state index contributed by atoms with van der Waals surface area (Å²) >= 11 is 1.67. The minimum atomic E-state index is 0.110. The van der Waals surface area contributed by atoms with Crippen molar-refractivity contribution in [3.63, 3.8) is 0 Å². The van der Waals surface area contributed by atoms with E-state index in [-0.39, 0.29) is 13.2 Å². The van der Waals surface area contributed by atoms with Crippen LogP contribution in [0.4, 0.5) is 5.13 Å². The molecular weight excluding hydrogens is 250 g/mol. The van der Waals surface area contributed by atoms with Crippen LogP contribution in [0.5, 0.6) is 0 Å². The van der Waals surface area contributed by atoms with Gasteiger partial charge in [-0.15, -0.1) is 11.3 Å². The van der Waals surface area contributed by atoms with Gasteiger partial charge < -0.3 is 15.1 Å². The highest BCUT2D eigenvalue weighted by Gasteiger charge is 2.28. The summed E-state index contributed by atoms with van der Waals surface area (Å²) in [5.74, 6) is 0. The molecule has 0 bridgehead atoms. The third-order valence-electron chi connectivity index (χ3n) is 3.15. The molecule has 0 saturated heterocycles. The lowest BCUT2D eigenvalue weighted by atomic mass is 10.4. The van der Waals surface area contributed by atoms with E-state index >= 15 is 0 Å². The number of anilines is 1. The summed E-state index contributed by atoms with van der Waals surface area (Å²) < 4.78 is 0. The fourth-order valence-corrected chi connectivity index (χ4v) is 2.78. The zero-order chi connectivity index (χ0) is 13.0. The maximum atomic E-state index is 8.97. The Bertz CT molecular complexity index is 362. The summed E-state index contributed by atoms with van der Waals surface area (Å²) in [5.41, 5.74) is 1.02. The van der Waals surface area contributed by atoms with Gasteiger partial charge in [0.15, 0.2) is 5.13 Å². The summed E-state index contributed by atoms with van der Waals surface area (Å²) in [6.45, 7) is 2.06. The Kier molecular flexibility index (Phi) is 4.94. The second-order valence-corrected chi connectivity index (χ2v) is 5.52. The van der Waals surface area contributed by atoms with Gasteiger partial charge in [0.2, 0.25) is 0 Å². The smallest absolute Gasteiger partial charge is 0.185 e. The summed E-state index contributed by atoms with van der Waals surface area (Å²) in [6, 6.07) is 0.676. The number of nitrogens with zero attached hydrogens (tertiary/aromatic N) is 3. The first-order chi connectivity index (χ1) is 8.74. The number of aromatic nitrogens is 1. The average Bonchev–Trinajstić information content (AvgIpc) is 3.10. The molecular formula is C12H21N3O2S. The Balaban J connectivity index is 1.91. The molecule has 18 heavy (non-hydrogen) atoms. The van der Waals surface area contributed by atoms with Crippen LogP contribution in [-0.4, -0.2) is 59.5 Å². The SMILES string of the molecule is CN(c1nc(CN(CCO)CCO)cs1)C1CC1. The van der Waals surface area contributed by atoms with Crippen molar-refractivity contribution < 1.29 is 10.2 Å². The Morgan fingerprint density at radius 3 is 2.56 bits per heavy atom. The standard InChI is InChI=1S/C12H21N3O2S/c1-14(11-2-3-11)12-13-10(9-18-12)8-15(4-6-16)5-7-17/h9,11,16-17H,2-8H2,1H3. The second kappa shape index (κ2) is 6.47. The van der Waals surface area contributed by atoms with Gasteiger partial charge in [-0.2, -0.15) is 0 Å². The molecule has 2 rings (SSSR count). The number of rotatable bonds is 8. The molecule has 0 amide bonds. The second-order valence-electron chi connectivity index (χ2n) is 4.69. The molecule has 0 unspecified atom stereocenters. The fourth-order valence-electron chi connectivity index (χ4n) is 1.93. The molecule has 1 saturated carbocycles. The maximum absolute atomic E-state index is 8.97. The maximum Gasteiger partial charge on any atom is 0.185 e. The Hall–Kier alpha value is -0.690. The van der Waals surface area contributed by atoms with Crippen LogP contribution in [0.2, 0.25) is 0 Å². The van der Waals surface area contributed by atoms with Gasteiger partial charge in [-0.05, 0) is 12.8 Å². The lowest BCUT2D eigenvalue weighted by Crippen LogP contribution is -2.29. The van der Waals surface area contributed by atoms with Crippen LogP contribution in [0.25, 0.3) is 0 Å². The highest BCUT2D eigenvalue weighted by molar-refractivity contribution is 7.13. The van der Waals surface area contributed by atoms with E-state index in [2.05, 4.69) is 22.3 Å². The van der Waals surface area contributed by atoms with Crippen LogP contribution in [0.1, 0.15) is 18.5 Å². The highest BCUT2D eigenvalue weighted by atomic mass is 32.1. The molecule has 1 heterocycles. The summed E-state index contributed by atoms with van der Waals surface area (Å²) in [6.07, 6.45) is 2.54. The van der Waals surface area contributed by atoms with E-state index in [0.29, 0.717) is 25.7 Å². The number of thiazole rings is 1. The predicted octanol–water partition coefficient (Wildman–Crippen LogP) is 0.528. The van der Waals surface area contributed by atoms with Crippen molar-refractivity contribution in [3.8, 4) is 0 Å². The summed E-state index contributed by atoms with van der Waals surface area (Å²) in [5, 5.41) is 21.1. The van der Waals surface area contributed by atoms with Crippen LogP contribution >= 0.6 is 11.3 Å². The molecule has 0 spiro atoms. The highest BCUT2D eigenvalue weighted by Crippen LogP contribution is 2.32. The third-order valence-corrected chi connectivity index (χ3v) is 4.13. The van der Waals surface area contributed by atoms with E-state index in [0.717, 1.165) is 10.8 Å². The first kappa shape index (κ1) is 13.7. The number of aliphatic hydroxyl groups excluding tert-OH is 2. The molecule has 0 aromatic carbocycles. The Morgan fingerprint density at radius 1 is 1.33 bits per heavy atom. The van der Waals surface area contributed by atoms with Crippen molar-refractivity contribution in [3.05, 3.63) is 11.1 Å². The van der Waals surface area contributed by atoms with Crippen molar-refractivity contribution in [2.24, 2.45) is 0 Å². The molecule has 5 nitrogen and oxygen atoms in total. The van der Waals surface area contributed by atoms with E-state index in [9.17, 15) is 0 Å². The lowest BCUT2D eigenvalue weighted by molar-refractivity contribution is 0.155. The van der Waals surface area contributed by atoms with Crippen molar-refractivity contribution in [2.45, 2.75) is 25.4 Å². The molecule has 1 aliphatic carbocycles. The quantitative estimate of drug-likeness (QED) is 0.722. The number of hydrogen-bond acceptors (Lipinski definition) is 6. The average molecular weight is 271 g/mol. The van der Waals surface area contributed by atoms with E-state index in [1.54, 1.807) is 11.3 Å². The van der Waals surface area contributed by atoms with Crippen LogP contribution < -0.4 is 4.90 Å². The largest absolute Gasteiger partial charge is 0.395 e. The number of hydrogen-bond donors (Lipinski definition) is 2. The summed E-state index contributed by atoms with van der Waals surface area (Å²) in [4.78, 5) is 8.87. The minimum Gasteiger partial charge on any atom is -0.395 e. The Labute approximate surface area is 112 Å². The predicted molar refractivity (Wildman–Crippen MR) is 73.0 cm³/mol. The van der Waals surface area contributed by atoms with Gasteiger partial charge in [0, 0.05) is 38.1 Å². The van der Waals surface area contributed by atoms with Crippen molar-refractivity contribution in [1.82, 2.24) is 9.88 Å². The monoisotopic (exact) mass is 271 g/mol.